The summed E-state index contributed by atoms with van der Waals surface area (Å²) < 4.78 is 11.1. The number of aliphatic hydroxyl groups is 1. The normalized spacial score (nSPS) is 38.6. The van der Waals surface area contributed by atoms with Gasteiger partial charge in [0.1, 0.15) is 0 Å². The molecule has 142 valence electrons. The molecule has 4 saturated carbocycles. The van der Waals surface area contributed by atoms with E-state index < -0.39 is 16.4 Å². The molecule has 0 radical (unpaired) electrons. The second-order valence-electron chi connectivity index (χ2n) is 8.77. The molecule has 2 atom stereocenters. The van der Waals surface area contributed by atoms with Crippen LogP contribution in [0.25, 0.3) is 0 Å². The minimum atomic E-state index is -0.924. The molecule has 4 fully saturated rings. The van der Waals surface area contributed by atoms with Crippen molar-refractivity contribution in [1.82, 2.24) is 0 Å². The third-order valence-corrected chi connectivity index (χ3v) is 6.37. The number of carbonyl (C=O) groups is 2. The zero-order valence-electron chi connectivity index (χ0n) is 15.6. The number of carbonyl (C=O) groups excluding carboxylic acids is 2. The van der Waals surface area contributed by atoms with E-state index in [-0.39, 0.29) is 17.9 Å². The number of hydrogen-bond acceptors (Lipinski definition) is 5. The number of rotatable bonds is 8. The van der Waals surface area contributed by atoms with Crippen molar-refractivity contribution < 1.29 is 24.2 Å². The van der Waals surface area contributed by atoms with Crippen LogP contribution in [0.5, 0.6) is 0 Å². The van der Waals surface area contributed by atoms with E-state index in [0.717, 1.165) is 38.5 Å². The summed E-state index contributed by atoms with van der Waals surface area (Å²) in [5.41, 5.74) is -2.33. The molecule has 0 aromatic heterocycles. The highest BCUT2D eigenvalue weighted by atomic mass is 16.5. The molecule has 0 aromatic rings. The van der Waals surface area contributed by atoms with Crippen molar-refractivity contribution in [2.45, 2.75) is 83.7 Å². The number of unbranched alkanes of at least 4 members (excludes halogenated alkanes) is 2. The second-order valence-corrected chi connectivity index (χ2v) is 8.77. The van der Waals surface area contributed by atoms with E-state index in [2.05, 4.69) is 13.8 Å². The van der Waals surface area contributed by atoms with E-state index >= 15 is 0 Å². The predicted octanol–water partition coefficient (Wildman–Crippen LogP) is 3.37. The summed E-state index contributed by atoms with van der Waals surface area (Å²) in [7, 11) is 0. The summed E-state index contributed by atoms with van der Waals surface area (Å²) in [6, 6.07) is 0. The molecule has 0 spiro atoms. The van der Waals surface area contributed by atoms with E-state index in [1.54, 1.807) is 0 Å². The van der Waals surface area contributed by atoms with Crippen molar-refractivity contribution >= 4 is 11.9 Å². The van der Waals surface area contributed by atoms with Gasteiger partial charge in [0.15, 0.2) is 0 Å². The van der Waals surface area contributed by atoms with Crippen LogP contribution in [-0.2, 0) is 19.1 Å². The molecule has 0 heterocycles. The molecular weight excluding hydrogens is 320 g/mol. The average molecular weight is 352 g/mol. The first-order valence-electron chi connectivity index (χ1n) is 9.94. The highest BCUT2D eigenvalue weighted by molar-refractivity contribution is 5.83. The topological polar surface area (TPSA) is 72.8 Å². The number of esters is 2. The van der Waals surface area contributed by atoms with Gasteiger partial charge in [0.25, 0.3) is 0 Å². The lowest BCUT2D eigenvalue weighted by Gasteiger charge is -2.62. The Morgan fingerprint density at radius 1 is 0.880 bits per heavy atom. The van der Waals surface area contributed by atoms with E-state index in [9.17, 15) is 14.7 Å². The van der Waals surface area contributed by atoms with Crippen LogP contribution in [0.3, 0.4) is 0 Å². The van der Waals surface area contributed by atoms with Gasteiger partial charge in [0.05, 0.1) is 29.6 Å². The van der Waals surface area contributed by atoms with Gasteiger partial charge in [-0.2, -0.15) is 0 Å². The van der Waals surface area contributed by atoms with Gasteiger partial charge >= 0.3 is 11.9 Å². The van der Waals surface area contributed by atoms with Crippen molar-refractivity contribution in [2.24, 2.45) is 16.7 Å². The van der Waals surface area contributed by atoms with Crippen LogP contribution >= 0.6 is 0 Å². The summed E-state index contributed by atoms with van der Waals surface area (Å²) in [5, 5.41) is 11.1. The molecular formula is C20H32O5. The summed E-state index contributed by atoms with van der Waals surface area (Å²) in [6.45, 7) is 4.97. The highest BCUT2D eigenvalue weighted by Crippen LogP contribution is 2.67. The maximum atomic E-state index is 12.9. The molecule has 4 aliphatic carbocycles. The van der Waals surface area contributed by atoms with Crippen LogP contribution in [0.2, 0.25) is 0 Å². The van der Waals surface area contributed by atoms with Crippen molar-refractivity contribution in [3.05, 3.63) is 0 Å². The van der Waals surface area contributed by atoms with Gasteiger partial charge in [0, 0.05) is 0 Å². The first-order valence-corrected chi connectivity index (χ1v) is 9.94. The molecule has 4 rings (SSSR count). The molecule has 0 aliphatic heterocycles. The fraction of sp³-hybridized carbons (Fsp3) is 0.900. The molecule has 0 aromatic carbocycles. The maximum Gasteiger partial charge on any atom is 0.312 e. The lowest BCUT2D eigenvalue weighted by Crippen LogP contribution is -2.64. The largest absolute Gasteiger partial charge is 0.465 e. The number of ether oxygens (including phenoxy) is 2. The first kappa shape index (κ1) is 18.7. The van der Waals surface area contributed by atoms with Gasteiger partial charge in [0.2, 0.25) is 0 Å². The maximum absolute atomic E-state index is 12.9. The summed E-state index contributed by atoms with van der Waals surface area (Å²) in [5.74, 6) is -0.220. The van der Waals surface area contributed by atoms with E-state index in [0.29, 0.717) is 38.9 Å². The third kappa shape index (κ3) is 3.44. The van der Waals surface area contributed by atoms with E-state index in [4.69, 9.17) is 9.47 Å². The molecule has 5 nitrogen and oxygen atoms in total. The van der Waals surface area contributed by atoms with Crippen molar-refractivity contribution in [1.29, 1.82) is 0 Å². The Labute approximate surface area is 150 Å². The first-order chi connectivity index (χ1) is 11.9. The Morgan fingerprint density at radius 3 is 1.76 bits per heavy atom. The van der Waals surface area contributed by atoms with Crippen molar-refractivity contribution in [2.75, 3.05) is 13.2 Å². The minimum Gasteiger partial charge on any atom is -0.465 e. The molecule has 4 bridgehead atoms. The van der Waals surface area contributed by atoms with Gasteiger partial charge in [-0.25, -0.2) is 0 Å². The Kier molecular flexibility index (Phi) is 5.16. The molecule has 4 aliphatic rings. The van der Waals surface area contributed by atoms with Crippen LogP contribution in [0, 0.1) is 16.7 Å². The molecule has 5 heteroatoms. The van der Waals surface area contributed by atoms with E-state index in [1.807, 2.05) is 0 Å². The second kappa shape index (κ2) is 6.90. The summed E-state index contributed by atoms with van der Waals surface area (Å²) in [6.07, 6.45) is 7.17. The Balaban J connectivity index is 1.78. The van der Waals surface area contributed by atoms with Crippen molar-refractivity contribution in [3.63, 3.8) is 0 Å². The smallest absolute Gasteiger partial charge is 0.312 e. The van der Waals surface area contributed by atoms with Crippen LogP contribution in [-0.4, -0.2) is 35.9 Å². The average Bonchev–Trinajstić information content (AvgIpc) is 2.52. The van der Waals surface area contributed by atoms with Gasteiger partial charge in [-0.3, -0.25) is 9.59 Å². The van der Waals surface area contributed by atoms with Gasteiger partial charge in [-0.1, -0.05) is 26.7 Å². The standard InChI is InChI=1S/C20H32O5/c1-3-5-7-24-16(21)18-9-15-10-19(12-18,14-20(23,11-15)13-18)17(22)25-8-6-4-2/h15,23H,3-14H2,1-2H3. The molecule has 0 amide bonds. The third-order valence-electron chi connectivity index (χ3n) is 6.37. The van der Waals surface area contributed by atoms with E-state index in [1.165, 1.54) is 0 Å². The fourth-order valence-electron chi connectivity index (χ4n) is 5.77. The molecule has 1 N–H and O–H groups in total. The van der Waals surface area contributed by atoms with Gasteiger partial charge in [-0.05, 0) is 57.3 Å². The SMILES string of the molecule is CCCCOC(=O)C12CC3CC(O)(C1)CC(C(=O)OCCCC)(C3)C2. The Morgan fingerprint density at radius 2 is 1.36 bits per heavy atom. The quantitative estimate of drug-likeness (QED) is 0.535. The van der Waals surface area contributed by atoms with Crippen LogP contribution in [0.4, 0.5) is 0 Å². The Bertz CT molecular complexity index is 490. The predicted molar refractivity (Wildman–Crippen MR) is 92.7 cm³/mol. The van der Waals surface area contributed by atoms with Crippen molar-refractivity contribution in [3.8, 4) is 0 Å². The summed E-state index contributed by atoms with van der Waals surface area (Å²) in [4.78, 5) is 25.7. The fourth-order valence-corrected chi connectivity index (χ4v) is 5.77. The van der Waals surface area contributed by atoms with Crippen LogP contribution < -0.4 is 0 Å². The molecule has 2 unspecified atom stereocenters. The lowest BCUT2D eigenvalue weighted by molar-refractivity contribution is -0.225. The summed E-state index contributed by atoms with van der Waals surface area (Å²) >= 11 is 0. The highest BCUT2D eigenvalue weighted by Gasteiger charge is 2.68. The minimum absolute atomic E-state index is 0.207. The lowest BCUT2D eigenvalue weighted by atomic mass is 9.42. The number of hydrogen-bond donors (Lipinski definition) is 1. The van der Waals surface area contributed by atoms with Gasteiger partial charge < -0.3 is 14.6 Å². The van der Waals surface area contributed by atoms with Gasteiger partial charge in [-0.15, -0.1) is 0 Å². The van der Waals surface area contributed by atoms with Crippen LogP contribution in [0.1, 0.15) is 78.1 Å². The molecule has 0 saturated heterocycles. The molecule has 25 heavy (non-hydrogen) atoms. The van der Waals surface area contributed by atoms with Crippen LogP contribution in [0.15, 0.2) is 0 Å². The monoisotopic (exact) mass is 352 g/mol. The Hall–Kier alpha value is -1.10. The zero-order valence-corrected chi connectivity index (χ0v) is 15.6. The zero-order chi connectivity index (χ0) is 18.1.